The molecule has 178 valence electrons. The zero-order valence-electron chi connectivity index (χ0n) is 19.7. The molecule has 3 aromatic rings. The molecule has 3 aromatic carbocycles. The molecular formula is C28H31ClN2O3. The number of hydrogen-bond donors (Lipinski definition) is 1. The van der Waals surface area contributed by atoms with Gasteiger partial charge in [0.25, 0.3) is 5.91 Å². The highest BCUT2D eigenvalue weighted by Gasteiger charge is 2.30. The Bertz CT molecular complexity index is 1050. The number of nitrogens with zero attached hydrogens (tertiary/aromatic N) is 1. The number of hydrogen-bond acceptors (Lipinski definition) is 3. The zero-order chi connectivity index (χ0) is 24.3. The van der Waals surface area contributed by atoms with Gasteiger partial charge in [-0.1, -0.05) is 78.7 Å². The van der Waals surface area contributed by atoms with E-state index in [-0.39, 0.29) is 18.4 Å². The molecule has 6 heteroatoms. The van der Waals surface area contributed by atoms with Gasteiger partial charge in [0.2, 0.25) is 5.91 Å². The van der Waals surface area contributed by atoms with Gasteiger partial charge in [-0.25, -0.2) is 0 Å². The fourth-order valence-electron chi connectivity index (χ4n) is 3.57. The molecule has 5 nitrogen and oxygen atoms in total. The summed E-state index contributed by atoms with van der Waals surface area (Å²) in [6, 6.07) is 23.9. The van der Waals surface area contributed by atoms with Crippen molar-refractivity contribution in [2.45, 2.75) is 39.3 Å². The van der Waals surface area contributed by atoms with Crippen LogP contribution in [0.4, 0.5) is 0 Å². The summed E-state index contributed by atoms with van der Waals surface area (Å²) >= 11 is 5.95. The first kappa shape index (κ1) is 25.3. The Labute approximate surface area is 206 Å². The second kappa shape index (κ2) is 12.8. The summed E-state index contributed by atoms with van der Waals surface area (Å²) in [5, 5.41) is 3.57. The first-order chi connectivity index (χ1) is 16.5. The number of benzene rings is 3. The van der Waals surface area contributed by atoms with Gasteiger partial charge in [0.05, 0.1) is 0 Å². The molecule has 0 fully saturated rings. The molecule has 0 radical (unpaired) electrons. The lowest BCUT2D eigenvalue weighted by Gasteiger charge is -2.31. The Hall–Kier alpha value is -3.31. The summed E-state index contributed by atoms with van der Waals surface area (Å²) < 4.78 is 5.74. The summed E-state index contributed by atoms with van der Waals surface area (Å²) in [5.41, 5.74) is 3.07. The third-order valence-corrected chi connectivity index (χ3v) is 5.72. The molecule has 0 saturated heterocycles. The molecule has 1 atom stereocenters. The Morgan fingerprint density at radius 1 is 0.941 bits per heavy atom. The molecule has 0 aliphatic carbocycles. The number of carbonyl (C=O) groups is 2. The predicted molar refractivity (Wildman–Crippen MR) is 136 cm³/mol. The lowest BCUT2D eigenvalue weighted by molar-refractivity contribution is -0.142. The lowest BCUT2D eigenvalue weighted by atomic mass is 10.0. The fraction of sp³-hybridized carbons (Fsp3) is 0.286. The Kier molecular flexibility index (Phi) is 9.53. The quantitative estimate of drug-likeness (QED) is 0.412. The number of halogens is 1. The Morgan fingerprint density at radius 3 is 2.26 bits per heavy atom. The molecule has 0 saturated carbocycles. The number of aryl methyl sites for hydroxylation is 1. The van der Waals surface area contributed by atoms with E-state index in [0.29, 0.717) is 30.3 Å². The topological polar surface area (TPSA) is 58.6 Å². The summed E-state index contributed by atoms with van der Waals surface area (Å²) in [7, 11) is 0. The van der Waals surface area contributed by atoms with Crippen LogP contribution >= 0.6 is 11.6 Å². The number of nitrogens with one attached hydrogen (secondary N) is 1. The van der Waals surface area contributed by atoms with Crippen LogP contribution in [-0.4, -0.2) is 35.9 Å². The largest absolute Gasteiger partial charge is 0.484 e. The first-order valence-corrected chi connectivity index (χ1v) is 11.9. The van der Waals surface area contributed by atoms with E-state index < -0.39 is 6.04 Å². The zero-order valence-corrected chi connectivity index (χ0v) is 20.4. The highest BCUT2D eigenvalue weighted by Crippen LogP contribution is 2.18. The van der Waals surface area contributed by atoms with Crippen LogP contribution in [0.3, 0.4) is 0 Å². The molecule has 0 unspecified atom stereocenters. The average molecular weight is 479 g/mol. The minimum Gasteiger partial charge on any atom is -0.484 e. The summed E-state index contributed by atoms with van der Waals surface area (Å²) in [6.45, 7) is 4.70. The summed E-state index contributed by atoms with van der Waals surface area (Å²) in [5.74, 6) is 0.115. The molecule has 0 bridgehead atoms. The van der Waals surface area contributed by atoms with Gasteiger partial charge in [-0.3, -0.25) is 9.59 Å². The fourth-order valence-corrected chi connectivity index (χ4v) is 3.69. The Balaban J connectivity index is 1.87. The molecule has 0 aliphatic heterocycles. The second-order valence-electron chi connectivity index (χ2n) is 8.25. The Morgan fingerprint density at radius 2 is 1.62 bits per heavy atom. The molecule has 0 spiro atoms. The maximum Gasteiger partial charge on any atom is 0.261 e. The maximum absolute atomic E-state index is 13.5. The van der Waals surface area contributed by atoms with E-state index in [0.717, 1.165) is 23.1 Å². The summed E-state index contributed by atoms with van der Waals surface area (Å²) in [4.78, 5) is 28.3. The van der Waals surface area contributed by atoms with E-state index in [2.05, 4.69) is 5.32 Å². The highest BCUT2D eigenvalue weighted by molar-refractivity contribution is 6.30. The standard InChI is InChI=1S/C28H31ClN2O3/c1-3-17-30-28(33)26(18-22-7-5-4-6-8-22)31(19-23-11-9-21(2)10-12-23)27(32)20-34-25-15-13-24(29)14-16-25/h4-16,26H,3,17-20H2,1-2H3,(H,30,33)/t26-/m0/s1. The smallest absolute Gasteiger partial charge is 0.261 e. The van der Waals surface area contributed by atoms with E-state index in [1.807, 2.05) is 68.4 Å². The van der Waals surface area contributed by atoms with Crippen molar-refractivity contribution in [3.05, 3.63) is 101 Å². The molecule has 2 amide bonds. The van der Waals surface area contributed by atoms with Gasteiger partial charge in [-0.05, 0) is 48.7 Å². The van der Waals surface area contributed by atoms with Gasteiger partial charge in [-0.15, -0.1) is 0 Å². The number of rotatable bonds is 11. The van der Waals surface area contributed by atoms with E-state index >= 15 is 0 Å². The van der Waals surface area contributed by atoms with Crippen LogP contribution in [0.1, 0.15) is 30.0 Å². The highest BCUT2D eigenvalue weighted by atomic mass is 35.5. The third kappa shape index (κ3) is 7.63. The normalized spacial score (nSPS) is 11.5. The van der Waals surface area contributed by atoms with Crippen molar-refractivity contribution in [3.8, 4) is 5.75 Å². The van der Waals surface area contributed by atoms with Crippen LogP contribution in [0.5, 0.6) is 5.75 Å². The van der Waals surface area contributed by atoms with Gasteiger partial charge < -0.3 is 15.0 Å². The summed E-state index contributed by atoms with van der Waals surface area (Å²) in [6.07, 6.45) is 1.23. The average Bonchev–Trinajstić information content (AvgIpc) is 2.86. The van der Waals surface area contributed by atoms with E-state index in [9.17, 15) is 9.59 Å². The molecule has 0 aliphatic rings. The number of carbonyl (C=O) groups excluding carboxylic acids is 2. The third-order valence-electron chi connectivity index (χ3n) is 5.47. The van der Waals surface area contributed by atoms with Crippen LogP contribution in [0.2, 0.25) is 5.02 Å². The van der Waals surface area contributed by atoms with Gasteiger partial charge in [0.15, 0.2) is 6.61 Å². The molecule has 3 rings (SSSR count). The first-order valence-electron chi connectivity index (χ1n) is 11.5. The van der Waals surface area contributed by atoms with Gasteiger partial charge in [0.1, 0.15) is 11.8 Å². The minimum atomic E-state index is -0.670. The van der Waals surface area contributed by atoms with Gasteiger partial charge in [0, 0.05) is 24.5 Å². The van der Waals surface area contributed by atoms with Crippen LogP contribution in [0.25, 0.3) is 0 Å². The molecular weight excluding hydrogens is 448 g/mol. The maximum atomic E-state index is 13.5. The van der Waals surface area contributed by atoms with Crippen molar-refractivity contribution in [1.82, 2.24) is 10.2 Å². The van der Waals surface area contributed by atoms with Crippen molar-refractivity contribution in [1.29, 1.82) is 0 Å². The minimum absolute atomic E-state index is 0.169. The van der Waals surface area contributed by atoms with Crippen molar-refractivity contribution in [2.24, 2.45) is 0 Å². The van der Waals surface area contributed by atoms with Crippen molar-refractivity contribution >= 4 is 23.4 Å². The lowest BCUT2D eigenvalue weighted by Crippen LogP contribution is -2.51. The van der Waals surface area contributed by atoms with E-state index in [1.165, 1.54) is 0 Å². The molecule has 0 heterocycles. The van der Waals surface area contributed by atoms with Crippen molar-refractivity contribution < 1.29 is 14.3 Å². The van der Waals surface area contributed by atoms with Gasteiger partial charge >= 0.3 is 0 Å². The molecule has 0 aromatic heterocycles. The van der Waals surface area contributed by atoms with Crippen LogP contribution < -0.4 is 10.1 Å². The second-order valence-corrected chi connectivity index (χ2v) is 8.68. The van der Waals surface area contributed by atoms with Crippen LogP contribution in [0, 0.1) is 6.92 Å². The SMILES string of the molecule is CCCNC(=O)[C@H](Cc1ccccc1)N(Cc1ccc(C)cc1)C(=O)COc1ccc(Cl)cc1. The van der Waals surface area contributed by atoms with Crippen LogP contribution in [-0.2, 0) is 22.6 Å². The molecule has 34 heavy (non-hydrogen) atoms. The predicted octanol–water partition coefficient (Wildman–Crippen LogP) is 5.19. The van der Waals surface area contributed by atoms with Crippen molar-refractivity contribution in [3.63, 3.8) is 0 Å². The van der Waals surface area contributed by atoms with Crippen LogP contribution in [0.15, 0.2) is 78.9 Å². The number of ether oxygens (including phenoxy) is 1. The number of amides is 2. The van der Waals surface area contributed by atoms with E-state index in [4.69, 9.17) is 16.3 Å². The monoisotopic (exact) mass is 478 g/mol. The van der Waals surface area contributed by atoms with Crippen molar-refractivity contribution in [2.75, 3.05) is 13.2 Å². The molecule has 1 N–H and O–H groups in total. The van der Waals surface area contributed by atoms with E-state index in [1.54, 1.807) is 29.2 Å². The van der Waals surface area contributed by atoms with Gasteiger partial charge in [-0.2, -0.15) is 0 Å².